The highest BCUT2D eigenvalue weighted by Crippen LogP contribution is 2.41. The van der Waals surface area contributed by atoms with E-state index in [4.69, 9.17) is 11.6 Å². The molecule has 2 aromatic rings. The fourth-order valence-electron chi connectivity index (χ4n) is 6.86. The van der Waals surface area contributed by atoms with E-state index in [2.05, 4.69) is 6.92 Å². The highest BCUT2D eigenvalue weighted by molar-refractivity contribution is 6.30. The quantitative estimate of drug-likeness (QED) is 0.252. The molecule has 0 atom stereocenters. The summed E-state index contributed by atoms with van der Waals surface area (Å²) in [5.74, 6) is 0.890. The summed E-state index contributed by atoms with van der Waals surface area (Å²) in [5, 5.41) is -0.0567. The summed E-state index contributed by atoms with van der Waals surface area (Å²) >= 11 is 5.73. The second kappa shape index (κ2) is 14.1. The van der Waals surface area contributed by atoms with Gasteiger partial charge in [0.05, 0.1) is 10.6 Å². The third-order valence-corrected chi connectivity index (χ3v) is 9.56. The molecule has 0 unspecified atom stereocenters. The maximum Gasteiger partial charge on any atom is 0.142 e. The lowest BCUT2D eigenvalue weighted by molar-refractivity contribution is 0.222. The summed E-state index contributed by atoms with van der Waals surface area (Å²) in [7, 11) is 0. The number of benzene rings is 2. The largest absolute Gasteiger partial charge is 0.206 e. The van der Waals surface area contributed by atoms with Crippen LogP contribution in [0.3, 0.4) is 0 Å². The van der Waals surface area contributed by atoms with Crippen molar-refractivity contribution in [1.82, 2.24) is 0 Å². The topological polar surface area (TPSA) is 0 Å². The van der Waals surface area contributed by atoms with Crippen LogP contribution >= 0.6 is 11.6 Å². The molecular weight excluding hydrogens is 489 g/mol. The summed E-state index contributed by atoms with van der Waals surface area (Å²) in [6.07, 6.45) is 21.0. The van der Waals surface area contributed by atoms with Crippen LogP contribution in [0.15, 0.2) is 30.3 Å². The van der Waals surface area contributed by atoms with Crippen molar-refractivity contribution in [2.75, 3.05) is 0 Å². The SMILES string of the molecule is CCCCCCC[C@H]1CC[C@H](CCC2CCC(c3cc(F)c(-c4ccc(Cl)c(F)c4)c(F)c3)CC2)CC1. The summed E-state index contributed by atoms with van der Waals surface area (Å²) < 4.78 is 43.7. The standard InChI is InChI=1S/C33H44ClF3/c1-2-3-4-5-6-7-23-8-10-24(11-9-23)12-13-25-14-16-26(17-15-25)28-21-31(36)33(32(37)22-28)27-18-19-29(34)30(35)20-27/h18-26H,2-17H2,1H3/t23-,24-,25?,26?. The Hall–Kier alpha value is -1.48. The van der Waals surface area contributed by atoms with Gasteiger partial charge in [-0.15, -0.1) is 0 Å². The van der Waals surface area contributed by atoms with Gasteiger partial charge in [-0.3, -0.25) is 0 Å². The van der Waals surface area contributed by atoms with Crippen LogP contribution in [0, 0.1) is 35.2 Å². The smallest absolute Gasteiger partial charge is 0.142 e. The molecule has 204 valence electrons. The molecule has 0 aromatic heterocycles. The Morgan fingerprint density at radius 2 is 1.19 bits per heavy atom. The molecular formula is C33H44ClF3. The molecule has 4 rings (SSSR count). The van der Waals surface area contributed by atoms with Crippen LogP contribution in [0.25, 0.3) is 11.1 Å². The second-order valence-corrected chi connectivity index (χ2v) is 12.3. The molecule has 2 aliphatic rings. The van der Waals surface area contributed by atoms with E-state index >= 15 is 0 Å². The van der Waals surface area contributed by atoms with Crippen molar-refractivity contribution in [2.45, 2.75) is 116 Å². The lowest BCUT2D eigenvalue weighted by Gasteiger charge is -2.32. The van der Waals surface area contributed by atoms with Gasteiger partial charge >= 0.3 is 0 Å². The van der Waals surface area contributed by atoms with Crippen molar-refractivity contribution in [3.05, 3.63) is 58.4 Å². The average molecular weight is 533 g/mol. The van der Waals surface area contributed by atoms with Crippen LogP contribution in [0.1, 0.15) is 121 Å². The number of unbranched alkanes of at least 4 members (excludes halogenated alkanes) is 4. The predicted molar refractivity (Wildman–Crippen MR) is 150 cm³/mol. The third kappa shape index (κ3) is 8.01. The van der Waals surface area contributed by atoms with Crippen LogP contribution < -0.4 is 0 Å². The van der Waals surface area contributed by atoms with Gasteiger partial charge in [0, 0.05) is 0 Å². The molecule has 37 heavy (non-hydrogen) atoms. The van der Waals surface area contributed by atoms with Crippen LogP contribution in [0.4, 0.5) is 13.2 Å². The van der Waals surface area contributed by atoms with E-state index < -0.39 is 17.5 Å². The minimum Gasteiger partial charge on any atom is -0.206 e. The molecule has 2 saturated carbocycles. The minimum absolute atomic E-state index is 0.0567. The van der Waals surface area contributed by atoms with Crippen molar-refractivity contribution in [1.29, 1.82) is 0 Å². The molecule has 2 fully saturated rings. The zero-order valence-electron chi connectivity index (χ0n) is 22.5. The molecule has 0 spiro atoms. The monoisotopic (exact) mass is 532 g/mol. The Bertz CT molecular complexity index is 964. The van der Waals surface area contributed by atoms with Gasteiger partial charge < -0.3 is 0 Å². The Kier molecular flexibility index (Phi) is 10.8. The predicted octanol–water partition coefficient (Wildman–Crippen LogP) is 11.6. The van der Waals surface area contributed by atoms with Gasteiger partial charge in [0.1, 0.15) is 17.5 Å². The first-order valence-electron chi connectivity index (χ1n) is 14.9. The van der Waals surface area contributed by atoms with E-state index in [1.54, 1.807) is 0 Å². The Labute approximate surface area is 227 Å². The highest BCUT2D eigenvalue weighted by Gasteiger charge is 2.27. The number of hydrogen-bond acceptors (Lipinski definition) is 0. The van der Waals surface area contributed by atoms with Crippen molar-refractivity contribution in [3.63, 3.8) is 0 Å². The molecule has 0 radical (unpaired) electrons. The first kappa shape index (κ1) is 28.5. The van der Waals surface area contributed by atoms with E-state index in [0.717, 1.165) is 55.1 Å². The van der Waals surface area contributed by atoms with E-state index in [0.29, 0.717) is 0 Å². The van der Waals surface area contributed by atoms with Crippen LogP contribution in [0.2, 0.25) is 5.02 Å². The van der Waals surface area contributed by atoms with Gasteiger partial charge in [0.25, 0.3) is 0 Å². The van der Waals surface area contributed by atoms with Crippen LogP contribution in [-0.2, 0) is 0 Å². The Morgan fingerprint density at radius 1 is 0.649 bits per heavy atom. The molecule has 2 aromatic carbocycles. The molecule has 0 N–H and O–H groups in total. The number of hydrogen-bond donors (Lipinski definition) is 0. The lowest BCUT2D eigenvalue weighted by atomic mass is 9.74. The molecule has 2 aliphatic carbocycles. The zero-order valence-corrected chi connectivity index (χ0v) is 23.3. The van der Waals surface area contributed by atoms with E-state index in [-0.39, 0.29) is 22.1 Å². The maximum atomic E-state index is 14.9. The summed E-state index contributed by atoms with van der Waals surface area (Å²) in [5.41, 5.74) is 0.729. The van der Waals surface area contributed by atoms with Gasteiger partial charge in [-0.1, -0.05) is 102 Å². The van der Waals surface area contributed by atoms with Gasteiger partial charge in [-0.05, 0) is 84.7 Å². The number of halogens is 4. The van der Waals surface area contributed by atoms with Gasteiger partial charge in [-0.2, -0.15) is 0 Å². The summed E-state index contributed by atoms with van der Waals surface area (Å²) in [6.45, 7) is 2.28. The maximum absolute atomic E-state index is 14.9. The Balaban J connectivity index is 1.20. The summed E-state index contributed by atoms with van der Waals surface area (Å²) in [6, 6.07) is 6.80. The number of rotatable bonds is 11. The Morgan fingerprint density at radius 3 is 1.76 bits per heavy atom. The van der Waals surface area contributed by atoms with Crippen LogP contribution in [-0.4, -0.2) is 0 Å². The first-order chi connectivity index (χ1) is 17.9. The van der Waals surface area contributed by atoms with Crippen molar-refractivity contribution in [2.24, 2.45) is 17.8 Å². The molecule has 0 saturated heterocycles. The molecule has 0 nitrogen and oxygen atoms in total. The van der Waals surface area contributed by atoms with Crippen molar-refractivity contribution in [3.8, 4) is 11.1 Å². The van der Waals surface area contributed by atoms with E-state index in [1.807, 2.05) is 0 Å². The van der Waals surface area contributed by atoms with Gasteiger partial charge in [0.15, 0.2) is 0 Å². The summed E-state index contributed by atoms with van der Waals surface area (Å²) in [4.78, 5) is 0. The van der Waals surface area contributed by atoms with Crippen molar-refractivity contribution >= 4 is 11.6 Å². The zero-order chi connectivity index (χ0) is 26.2. The third-order valence-electron chi connectivity index (χ3n) is 9.26. The molecule has 0 aliphatic heterocycles. The van der Waals surface area contributed by atoms with Crippen LogP contribution in [0.5, 0.6) is 0 Å². The fraction of sp³-hybridized carbons (Fsp3) is 0.636. The first-order valence-corrected chi connectivity index (χ1v) is 15.3. The average Bonchev–Trinajstić information content (AvgIpc) is 2.90. The van der Waals surface area contributed by atoms with E-state index in [1.165, 1.54) is 101 Å². The molecule has 0 bridgehead atoms. The van der Waals surface area contributed by atoms with E-state index in [9.17, 15) is 13.2 Å². The van der Waals surface area contributed by atoms with Crippen molar-refractivity contribution < 1.29 is 13.2 Å². The fourth-order valence-corrected chi connectivity index (χ4v) is 6.97. The highest BCUT2D eigenvalue weighted by atomic mass is 35.5. The lowest BCUT2D eigenvalue weighted by Crippen LogP contribution is -2.18. The van der Waals surface area contributed by atoms with Gasteiger partial charge in [0.2, 0.25) is 0 Å². The normalized spacial score (nSPS) is 24.4. The van der Waals surface area contributed by atoms with Gasteiger partial charge in [-0.25, -0.2) is 13.2 Å². The molecule has 4 heteroatoms. The second-order valence-electron chi connectivity index (χ2n) is 11.9. The minimum atomic E-state index is -0.675. The molecule has 0 amide bonds. The molecule has 0 heterocycles.